The molecule has 0 radical (unpaired) electrons. The number of amides is 1. The Morgan fingerprint density at radius 1 is 1.21 bits per heavy atom. The third-order valence-electron chi connectivity index (χ3n) is 2.54. The highest BCUT2D eigenvalue weighted by molar-refractivity contribution is 5.84. The molecule has 0 fully saturated rings. The molecule has 1 aromatic heterocycles. The van der Waals surface area contributed by atoms with E-state index in [0.717, 1.165) is 5.69 Å². The second-order valence-electron chi connectivity index (χ2n) is 6.09. The van der Waals surface area contributed by atoms with E-state index in [4.69, 9.17) is 0 Å². The third-order valence-corrected chi connectivity index (χ3v) is 2.54. The van der Waals surface area contributed by atoms with Gasteiger partial charge in [0, 0.05) is 17.3 Å². The van der Waals surface area contributed by atoms with Crippen LogP contribution in [0.3, 0.4) is 0 Å². The van der Waals surface area contributed by atoms with Crippen LogP contribution in [-0.4, -0.2) is 27.5 Å². The lowest BCUT2D eigenvalue weighted by Gasteiger charge is -2.24. The van der Waals surface area contributed by atoms with Crippen molar-refractivity contribution in [3.8, 4) is 0 Å². The number of rotatable bonds is 4. The Hall–Kier alpha value is -1.65. The number of carbonyl (C=O) groups excluding carboxylic acids is 1. The Bertz CT molecular complexity index is 437. The molecule has 0 saturated carbocycles. The fraction of sp³-hybridized carbons (Fsp3) is 0.643. The van der Waals surface area contributed by atoms with E-state index in [9.17, 15) is 4.79 Å². The Morgan fingerprint density at radius 3 is 2.37 bits per heavy atom. The van der Waals surface area contributed by atoms with Crippen LogP contribution in [0.1, 0.15) is 53.2 Å². The van der Waals surface area contributed by atoms with Crippen molar-refractivity contribution in [2.24, 2.45) is 0 Å². The molecule has 0 bridgehead atoms. The number of hydrogen-bond donors (Lipinski definition) is 2. The molecule has 19 heavy (non-hydrogen) atoms. The summed E-state index contributed by atoms with van der Waals surface area (Å²) in [6, 6.07) is 1.54. The molecule has 1 atom stereocenters. The maximum Gasteiger partial charge on any atom is 0.242 e. The second kappa shape index (κ2) is 5.99. The molecule has 0 saturated heterocycles. The van der Waals surface area contributed by atoms with Gasteiger partial charge in [0.1, 0.15) is 18.2 Å². The molecule has 5 heteroatoms. The molecule has 0 aliphatic carbocycles. The van der Waals surface area contributed by atoms with Crippen LogP contribution >= 0.6 is 0 Å². The minimum absolute atomic E-state index is 0.0443. The monoisotopic (exact) mass is 264 g/mol. The van der Waals surface area contributed by atoms with Gasteiger partial charge in [-0.15, -0.1) is 0 Å². The Kier molecular flexibility index (Phi) is 4.86. The average molecular weight is 264 g/mol. The number of anilines is 1. The van der Waals surface area contributed by atoms with Crippen molar-refractivity contribution in [3.05, 3.63) is 18.1 Å². The molecule has 2 N–H and O–H groups in total. The quantitative estimate of drug-likeness (QED) is 0.875. The van der Waals surface area contributed by atoms with Crippen LogP contribution in [0.2, 0.25) is 0 Å². The van der Waals surface area contributed by atoms with E-state index >= 15 is 0 Å². The molecule has 0 aliphatic rings. The topological polar surface area (TPSA) is 66.9 Å². The van der Waals surface area contributed by atoms with Crippen molar-refractivity contribution >= 4 is 11.7 Å². The Morgan fingerprint density at radius 2 is 1.84 bits per heavy atom. The third kappa shape index (κ3) is 5.24. The molecular formula is C14H24N4O. The van der Waals surface area contributed by atoms with Crippen LogP contribution in [0.25, 0.3) is 0 Å². The van der Waals surface area contributed by atoms with Crippen LogP contribution < -0.4 is 10.6 Å². The first-order valence-corrected chi connectivity index (χ1v) is 6.59. The van der Waals surface area contributed by atoms with Crippen molar-refractivity contribution in [2.45, 2.75) is 59.0 Å². The molecule has 1 aromatic rings. The van der Waals surface area contributed by atoms with Crippen molar-refractivity contribution in [2.75, 3.05) is 5.32 Å². The largest absolute Gasteiger partial charge is 0.359 e. The summed E-state index contributed by atoms with van der Waals surface area (Å²) in [5.41, 5.74) is 0.725. The summed E-state index contributed by atoms with van der Waals surface area (Å²) in [6.45, 7) is 11.8. The average Bonchev–Trinajstić information content (AvgIpc) is 2.27. The van der Waals surface area contributed by atoms with Gasteiger partial charge in [-0.1, -0.05) is 13.8 Å². The zero-order valence-electron chi connectivity index (χ0n) is 12.6. The van der Waals surface area contributed by atoms with Gasteiger partial charge in [-0.2, -0.15) is 0 Å². The first kappa shape index (κ1) is 15.4. The van der Waals surface area contributed by atoms with E-state index < -0.39 is 0 Å². The van der Waals surface area contributed by atoms with Crippen molar-refractivity contribution < 1.29 is 4.79 Å². The van der Waals surface area contributed by atoms with Gasteiger partial charge in [-0.05, 0) is 33.6 Å². The van der Waals surface area contributed by atoms with Gasteiger partial charge >= 0.3 is 0 Å². The second-order valence-corrected chi connectivity index (χ2v) is 6.09. The van der Waals surface area contributed by atoms with Crippen LogP contribution in [0.15, 0.2) is 12.4 Å². The van der Waals surface area contributed by atoms with Gasteiger partial charge in [0.05, 0.1) is 0 Å². The summed E-state index contributed by atoms with van der Waals surface area (Å²) in [5, 5.41) is 6.03. The fourth-order valence-corrected chi connectivity index (χ4v) is 1.53. The predicted octanol–water partition coefficient (Wildman–Crippen LogP) is 2.32. The van der Waals surface area contributed by atoms with Crippen LogP contribution in [-0.2, 0) is 4.79 Å². The van der Waals surface area contributed by atoms with Gasteiger partial charge < -0.3 is 10.6 Å². The van der Waals surface area contributed by atoms with Gasteiger partial charge in [0.2, 0.25) is 5.91 Å². The number of nitrogens with one attached hydrogen (secondary N) is 2. The summed E-state index contributed by atoms with van der Waals surface area (Å²) >= 11 is 0. The molecule has 0 aliphatic heterocycles. The van der Waals surface area contributed by atoms with Crippen LogP contribution in [0, 0.1) is 0 Å². The molecule has 0 aromatic carbocycles. The molecule has 5 nitrogen and oxygen atoms in total. The lowest BCUT2D eigenvalue weighted by atomic mass is 10.1. The van der Waals surface area contributed by atoms with Crippen LogP contribution in [0.5, 0.6) is 0 Å². The van der Waals surface area contributed by atoms with Crippen LogP contribution in [0.4, 0.5) is 5.82 Å². The van der Waals surface area contributed by atoms with Gasteiger partial charge in [0.15, 0.2) is 0 Å². The fourth-order valence-electron chi connectivity index (χ4n) is 1.53. The van der Waals surface area contributed by atoms with Gasteiger partial charge in [-0.25, -0.2) is 9.97 Å². The van der Waals surface area contributed by atoms with Crippen molar-refractivity contribution in [1.82, 2.24) is 15.3 Å². The molecule has 1 amide bonds. The van der Waals surface area contributed by atoms with E-state index in [1.807, 2.05) is 33.8 Å². The zero-order valence-corrected chi connectivity index (χ0v) is 12.6. The van der Waals surface area contributed by atoms with E-state index in [0.29, 0.717) is 11.7 Å². The van der Waals surface area contributed by atoms with E-state index in [-0.39, 0.29) is 17.5 Å². The van der Waals surface area contributed by atoms with E-state index in [2.05, 4.69) is 34.4 Å². The highest BCUT2D eigenvalue weighted by Crippen LogP contribution is 2.14. The summed E-state index contributed by atoms with van der Waals surface area (Å²) in [7, 11) is 0. The summed E-state index contributed by atoms with van der Waals surface area (Å²) < 4.78 is 0. The minimum Gasteiger partial charge on any atom is -0.359 e. The maximum absolute atomic E-state index is 12.0. The van der Waals surface area contributed by atoms with E-state index in [1.165, 1.54) is 6.33 Å². The highest BCUT2D eigenvalue weighted by atomic mass is 16.2. The normalized spacial score (nSPS) is 13.2. The van der Waals surface area contributed by atoms with Crippen molar-refractivity contribution in [1.29, 1.82) is 0 Å². The Labute approximate surface area is 115 Å². The first-order chi connectivity index (χ1) is 8.69. The van der Waals surface area contributed by atoms with Gasteiger partial charge in [-0.3, -0.25) is 4.79 Å². The lowest BCUT2D eigenvalue weighted by molar-refractivity contribution is -0.122. The maximum atomic E-state index is 12.0. The highest BCUT2D eigenvalue weighted by Gasteiger charge is 2.19. The summed E-state index contributed by atoms with van der Waals surface area (Å²) in [6.07, 6.45) is 1.52. The lowest BCUT2D eigenvalue weighted by Crippen LogP contribution is -2.47. The summed E-state index contributed by atoms with van der Waals surface area (Å²) in [5.74, 6) is 0.967. The van der Waals surface area contributed by atoms with Gasteiger partial charge in [0.25, 0.3) is 0 Å². The number of carbonyl (C=O) groups is 1. The molecule has 1 heterocycles. The molecular weight excluding hydrogens is 240 g/mol. The predicted molar refractivity (Wildman–Crippen MR) is 77.1 cm³/mol. The number of hydrogen-bond acceptors (Lipinski definition) is 4. The minimum atomic E-state index is -0.339. The van der Waals surface area contributed by atoms with E-state index in [1.54, 1.807) is 0 Å². The molecule has 1 unspecified atom stereocenters. The summed E-state index contributed by atoms with van der Waals surface area (Å²) in [4.78, 5) is 20.3. The standard InChI is InChI=1S/C14H24N4O/c1-9(2)11-7-12(16-8-15-11)17-10(3)13(19)18-14(4,5)6/h7-10H,1-6H3,(H,18,19)(H,15,16,17). The number of aromatic nitrogens is 2. The molecule has 106 valence electrons. The number of nitrogens with zero attached hydrogens (tertiary/aromatic N) is 2. The SMILES string of the molecule is CC(Nc1cc(C(C)C)ncn1)C(=O)NC(C)(C)C. The first-order valence-electron chi connectivity index (χ1n) is 6.59. The smallest absolute Gasteiger partial charge is 0.242 e. The van der Waals surface area contributed by atoms with Crippen molar-refractivity contribution in [3.63, 3.8) is 0 Å². The molecule has 0 spiro atoms. The Balaban J connectivity index is 2.69. The molecule has 1 rings (SSSR count). The zero-order chi connectivity index (χ0) is 14.6.